The number of halogens is 2. The number of rotatable bonds is 2. The number of nitrogens with two attached hydrogens (primary N) is 1. The zero-order chi connectivity index (χ0) is 10.8. The molecule has 0 atom stereocenters. The first-order chi connectivity index (χ1) is 7.22. The van der Waals surface area contributed by atoms with Crippen LogP contribution in [-0.2, 0) is 6.54 Å². The molecule has 0 spiro atoms. The van der Waals surface area contributed by atoms with Gasteiger partial charge in [-0.1, -0.05) is 27.7 Å². The third-order valence-corrected chi connectivity index (χ3v) is 3.22. The second-order valence-electron chi connectivity index (χ2n) is 2.87. The van der Waals surface area contributed by atoms with Crippen LogP contribution in [0.1, 0.15) is 4.88 Å². The third kappa shape index (κ3) is 2.13. The molecule has 3 nitrogen and oxygen atoms in total. The lowest BCUT2D eigenvalue weighted by molar-refractivity contribution is 1.08. The predicted octanol–water partition coefficient (Wildman–Crippen LogP) is 2.97. The average Bonchev–Trinajstić information content (AvgIpc) is 2.65. The standard InChI is InChI=1S/C9H7Cl2N3S/c10-5-1-2-6(7(11)3-5)9-8(4-12)15-14-13-9/h1-3H,4,12H2. The van der Waals surface area contributed by atoms with E-state index in [1.807, 2.05) is 6.07 Å². The van der Waals surface area contributed by atoms with Crippen molar-refractivity contribution in [1.29, 1.82) is 0 Å². The van der Waals surface area contributed by atoms with Crippen molar-refractivity contribution in [3.05, 3.63) is 33.1 Å². The lowest BCUT2D eigenvalue weighted by atomic mass is 10.1. The monoisotopic (exact) mass is 259 g/mol. The molecule has 0 saturated carbocycles. The minimum absolute atomic E-state index is 0.409. The van der Waals surface area contributed by atoms with Crippen LogP contribution in [0.4, 0.5) is 0 Å². The highest BCUT2D eigenvalue weighted by Crippen LogP contribution is 2.31. The van der Waals surface area contributed by atoms with Gasteiger partial charge in [-0.2, -0.15) is 0 Å². The molecule has 0 aliphatic rings. The van der Waals surface area contributed by atoms with Crippen LogP contribution in [-0.4, -0.2) is 9.59 Å². The maximum absolute atomic E-state index is 6.06. The van der Waals surface area contributed by atoms with Gasteiger partial charge in [-0.25, -0.2) is 0 Å². The Bertz CT molecular complexity index is 484. The normalized spacial score (nSPS) is 10.6. The summed E-state index contributed by atoms with van der Waals surface area (Å²) in [5.74, 6) is 0. The quantitative estimate of drug-likeness (QED) is 0.903. The molecule has 0 aliphatic carbocycles. The second-order valence-corrected chi connectivity index (χ2v) is 4.56. The Kier molecular flexibility index (Phi) is 3.21. The van der Waals surface area contributed by atoms with E-state index in [9.17, 15) is 0 Å². The van der Waals surface area contributed by atoms with Crippen LogP contribution in [0, 0.1) is 0 Å². The van der Waals surface area contributed by atoms with Gasteiger partial charge in [0.2, 0.25) is 0 Å². The lowest BCUT2D eigenvalue weighted by Crippen LogP contribution is -1.95. The number of hydrogen-bond acceptors (Lipinski definition) is 4. The summed E-state index contributed by atoms with van der Waals surface area (Å²) in [5, 5.41) is 5.17. The molecule has 78 valence electrons. The van der Waals surface area contributed by atoms with Gasteiger partial charge in [-0.05, 0) is 29.7 Å². The molecule has 2 rings (SSSR count). The molecule has 0 fully saturated rings. The first-order valence-electron chi connectivity index (χ1n) is 4.19. The van der Waals surface area contributed by atoms with E-state index in [2.05, 4.69) is 9.59 Å². The molecule has 1 aromatic heterocycles. The third-order valence-electron chi connectivity index (χ3n) is 1.93. The maximum Gasteiger partial charge on any atom is 0.111 e. The topological polar surface area (TPSA) is 51.8 Å². The summed E-state index contributed by atoms with van der Waals surface area (Å²) >= 11 is 13.2. The second kappa shape index (κ2) is 4.45. The smallest absolute Gasteiger partial charge is 0.111 e. The van der Waals surface area contributed by atoms with Crippen molar-refractivity contribution in [2.75, 3.05) is 0 Å². The number of nitrogens with zero attached hydrogens (tertiary/aromatic N) is 2. The van der Waals surface area contributed by atoms with E-state index in [1.165, 1.54) is 11.5 Å². The summed E-state index contributed by atoms with van der Waals surface area (Å²) < 4.78 is 3.85. The molecule has 0 unspecified atom stereocenters. The molecule has 2 N–H and O–H groups in total. The largest absolute Gasteiger partial charge is 0.326 e. The van der Waals surface area contributed by atoms with Gasteiger partial charge in [0.15, 0.2) is 0 Å². The van der Waals surface area contributed by atoms with Crippen LogP contribution in [0.15, 0.2) is 18.2 Å². The Labute approximate surface area is 101 Å². The number of benzene rings is 1. The summed E-state index contributed by atoms with van der Waals surface area (Å²) in [7, 11) is 0. The summed E-state index contributed by atoms with van der Waals surface area (Å²) in [6.07, 6.45) is 0. The SMILES string of the molecule is NCc1snnc1-c1ccc(Cl)cc1Cl. The highest BCUT2D eigenvalue weighted by atomic mass is 35.5. The van der Waals surface area contributed by atoms with Crippen molar-refractivity contribution in [2.24, 2.45) is 5.73 Å². The van der Waals surface area contributed by atoms with Crippen molar-refractivity contribution in [3.63, 3.8) is 0 Å². The van der Waals surface area contributed by atoms with Gasteiger partial charge in [-0.15, -0.1) is 5.10 Å². The average molecular weight is 260 g/mol. The highest BCUT2D eigenvalue weighted by molar-refractivity contribution is 7.06. The summed E-state index contributed by atoms with van der Waals surface area (Å²) in [6, 6.07) is 5.26. The zero-order valence-electron chi connectivity index (χ0n) is 7.58. The van der Waals surface area contributed by atoms with Gasteiger partial charge >= 0.3 is 0 Å². The predicted molar refractivity (Wildman–Crippen MR) is 63.3 cm³/mol. The van der Waals surface area contributed by atoms with Gasteiger partial charge in [0.25, 0.3) is 0 Å². The summed E-state index contributed by atoms with van der Waals surface area (Å²) in [6.45, 7) is 0.409. The van der Waals surface area contributed by atoms with Gasteiger partial charge < -0.3 is 5.73 Å². The van der Waals surface area contributed by atoms with Crippen LogP contribution in [0.5, 0.6) is 0 Å². The van der Waals surface area contributed by atoms with Crippen molar-refractivity contribution in [1.82, 2.24) is 9.59 Å². The van der Waals surface area contributed by atoms with Gasteiger partial charge in [0, 0.05) is 17.1 Å². The van der Waals surface area contributed by atoms with Gasteiger partial charge in [0.1, 0.15) is 5.69 Å². The molecule has 1 heterocycles. The van der Waals surface area contributed by atoms with Crippen molar-refractivity contribution in [3.8, 4) is 11.3 Å². The van der Waals surface area contributed by atoms with Crippen molar-refractivity contribution < 1.29 is 0 Å². The van der Waals surface area contributed by atoms with Crippen molar-refractivity contribution in [2.45, 2.75) is 6.54 Å². The van der Waals surface area contributed by atoms with Crippen LogP contribution < -0.4 is 5.73 Å². The first kappa shape index (κ1) is 10.8. The fourth-order valence-electron chi connectivity index (χ4n) is 1.23. The first-order valence-corrected chi connectivity index (χ1v) is 5.72. The van der Waals surface area contributed by atoms with E-state index in [0.29, 0.717) is 16.6 Å². The number of aromatic nitrogens is 2. The molecule has 1 aromatic carbocycles. The molecule has 0 saturated heterocycles. The maximum atomic E-state index is 6.06. The number of hydrogen-bond donors (Lipinski definition) is 1. The molecule has 0 bridgehead atoms. The molecule has 0 radical (unpaired) electrons. The Morgan fingerprint density at radius 1 is 1.33 bits per heavy atom. The van der Waals surface area contributed by atoms with Gasteiger partial charge in [0.05, 0.1) is 9.90 Å². The van der Waals surface area contributed by atoms with E-state index in [4.69, 9.17) is 28.9 Å². The molecular formula is C9H7Cl2N3S. The van der Waals surface area contributed by atoms with E-state index >= 15 is 0 Å². The highest BCUT2D eigenvalue weighted by Gasteiger charge is 2.12. The van der Waals surface area contributed by atoms with Gasteiger partial charge in [-0.3, -0.25) is 0 Å². The summed E-state index contributed by atoms with van der Waals surface area (Å²) in [5.41, 5.74) is 7.13. The Morgan fingerprint density at radius 2 is 2.13 bits per heavy atom. The zero-order valence-corrected chi connectivity index (χ0v) is 9.90. The minimum atomic E-state index is 0.409. The van der Waals surface area contributed by atoms with E-state index in [0.717, 1.165) is 16.1 Å². The fourth-order valence-corrected chi connectivity index (χ4v) is 2.26. The molecule has 0 amide bonds. The van der Waals surface area contributed by atoms with Crippen molar-refractivity contribution >= 4 is 34.7 Å². The molecule has 2 aromatic rings. The van der Waals surface area contributed by atoms with Crippen LogP contribution in [0.2, 0.25) is 10.0 Å². The molecule has 15 heavy (non-hydrogen) atoms. The van der Waals surface area contributed by atoms with E-state index < -0.39 is 0 Å². The van der Waals surface area contributed by atoms with E-state index in [-0.39, 0.29) is 0 Å². The Morgan fingerprint density at radius 3 is 2.80 bits per heavy atom. The fraction of sp³-hybridized carbons (Fsp3) is 0.111. The molecule has 6 heteroatoms. The molecular weight excluding hydrogens is 253 g/mol. The Balaban J connectivity index is 2.54. The lowest BCUT2D eigenvalue weighted by Gasteiger charge is -2.02. The van der Waals surface area contributed by atoms with Crippen LogP contribution >= 0.6 is 34.7 Å². The van der Waals surface area contributed by atoms with Crippen LogP contribution in [0.3, 0.4) is 0 Å². The molecule has 0 aliphatic heterocycles. The Hall–Kier alpha value is -0.680. The summed E-state index contributed by atoms with van der Waals surface area (Å²) in [4.78, 5) is 0.916. The van der Waals surface area contributed by atoms with E-state index in [1.54, 1.807) is 12.1 Å². The minimum Gasteiger partial charge on any atom is -0.326 e. The van der Waals surface area contributed by atoms with Crippen LogP contribution in [0.25, 0.3) is 11.3 Å².